The number of benzene rings is 3. The van der Waals surface area contributed by atoms with Crippen LogP contribution in [0.25, 0.3) is 5.76 Å². The van der Waals surface area contributed by atoms with Gasteiger partial charge in [0.05, 0.1) is 43.5 Å². The van der Waals surface area contributed by atoms with E-state index in [1.807, 2.05) is 12.1 Å². The number of carbonyl (C=O) groups excluding carboxylic acids is 2. The standard InChI is InChI=1S/C30H29Cl2NO6/c1-30(2,3)16-11-13-17(14-12-16)33-24(18-9-7-8-10-21(18)37-4)22(26(35)29(33)36)25(34)19-15-20(31)28(39-6)23(32)27(19)38-5/h7-15,24,34H,1-6H3/b25-22+. The Kier molecular flexibility index (Phi) is 7.87. The smallest absolute Gasteiger partial charge is 0.300 e. The van der Waals surface area contributed by atoms with E-state index in [9.17, 15) is 14.7 Å². The van der Waals surface area contributed by atoms with Gasteiger partial charge in [-0.25, -0.2) is 0 Å². The minimum atomic E-state index is -1.02. The fourth-order valence-electron chi connectivity index (χ4n) is 4.70. The van der Waals surface area contributed by atoms with Gasteiger partial charge < -0.3 is 19.3 Å². The highest BCUT2D eigenvalue weighted by molar-refractivity contribution is 6.52. The molecule has 1 aliphatic heterocycles. The molecule has 0 saturated carbocycles. The average Bonchev–Trinajstić information content (AvgIpc) is 3.17. The molecule has 0 spiro atoms. The topological polar surface area (TPSA) is 85.3 Å². The maximum Gasteiger partial charge on any atom is 0.300 e. The first-order chi connectivity index (χ1) is 18.5. The number of para-hydroxylation sites is 1. The average molecular weight is 570 g/mol. The summed E-state index contributed by atoms with van der Waals surface area (Å²) in [6.07, 6.45) is 0. The van der Waals surface area contributed by atoms with Crippen LogP contribution in [0.2, 0.25) is 10.0 Å². The molecule has 0 bridgehead atoms. The lowest BCUT2D eigenvalue weighted by Gasteiger charge is -2.27. The molecule has 0 aliphatic carbocycles. The molecule has 1 atom stereocenters. The number of aliphatic hydroxyl groups excluding tert-OH is 1. The van der Waals surface area contributed by atoms with Crippen molar-refractivity contribution in [3.05, 3.63) is 86.9 Å². The monoisotopic (exact) mass is 569 g/mol. The number of rotatable bonds is 6. The number of aliphatic hydroxyl groups is 1. The van der Waals surface area contributed by atoms with Crippen LogP contribution >= 0.6 is 23.2 Å². The van der Waals surface area contributed by atoms with Crippen LogP contribution in [-0.2, 0) is 15.0 Å². The fraction of sp³-hybridized carbons (Fsp3) is 0.267. The number of nitrogens with zero attached hydrogens (tertiary/aromatic N) is 1. The number of hydrogen-bond acceptors (Lipinski definition) is 6. The Hall–Kier alpha value is -3.68. The highest BCUT2D eigenvalue weighted by Gasteiger charge is 2.48. The Bertz CT molecular complexity index is 1470. The maximum atomic E-state index is 13.6. The van der Waals surface area contributed by atoms with E-state index in [1.54, 1.807) is 36.4 Å². The van der Waals surface area contributed by atoms with Gasteiger partial charge in [-0.3, -0.25) is 14.5 Å². The van der Waals surface area contributed by atoms with Crippen LogP contribution in [0.4, 0.5) is 5.69 Å². The summed E-state index contributed by atoms with van der Waals surface area (Å²) in [4.78, 5) is 28.6. The number of halogens is 2. The first-order valence-electron chi connectivity index (χ1n) is 12.1. The predicted octanol–water partition coefficient (Wildman–Crippen LogP) is 6.94. The summed E-state index contributed by atoms with van der Waals surface area (Å²) in [5.41, 5.74) is 1.81. The highest BCUT2D eigenvalue weighted by atomic mass is 35.5. The van der Waals surface area contributed by atoms with Crippen molar-refractivity contribution in [1.82, 2.24) is 0 Å². The number of carbonyl (C=O) groups is 2. The zero-order valence-electron chi connectivity index (χ0n) is 22.5. The molecule has 1 fully saturated rings. The van der Waals surface area contributed by atoms with Crippen LogP contribution in [-0.4, -0.2) is 38.1 Å². The van der Waals surface area contributed by atoms with Crippen molar-refractivity contribution in [2.75, 3.05) is 26.2 Å². The Labute approximate surface area is 237 Å². The second-order valence-corrected chi connectivity index (χ2v) is 10.8. The number of amides is 1. The van der Waals surface area contributed by atoms with E-state index in [2.05, 4.69) is 20.8 Å². The number of anilines is 1. The van der Waals surface area contributed by atoms with Gasteiger partial charge in [0.1, 0.15) is 16.5 Å². The van der Waals surface area contributed by atoms with Crippen molar-refractivity contribution in [2.45, 2.75) is 32.2 Å². The van der Waals surface area contributed by atoms with Crippen molar-refractivity contribution in [1.29, 1.82) is 0 Å². The molecule has 3 aromatic rings. The van der Waals surface area contributed by atoms with Gasteiger partial charge in [-0.15, -0.1) is 0 Å². The van der Waals surface area contributed by atoms with E-state index < -0.39 is 23.5 Å². The molecule has 7 nitrogen and oxygen atoms in total. The van der Waals surface area contributed by atoms with E-state index in [4.69, 9.17) is 37.4 Å². The first-order valence-corrected chi connectivity index (χ1v) is 12.9. The summed E-state index contributed by atoms with van der Waals surface area (Å²) in [7, 11) is 4.25. The molecule has 1 saturated heterocycles. The summed E-state index contributed by atoms with van der Waals surface area (Å²) in [6, 6.07) is 14.8. The van der Waals surface area contributed by atoms with Gasteiger partial charge in [0.15, 0.2) is 11.5 Å². The summed E-state index contributed by atoms with van der Waals surface area (Å²) >= 11 is 12.8. The molecule has 204 valence electrons. The number of methoxy groups -OCH3 is 3. The molecule has 1 heterocycles. The van der Waals surface area contributed by atoms with Crippen LogP contribution in [0.5, 0.6) is 17.2 Å². The Morgan fingerprint density at radius 2 is 1.51 bits per heavy atom. The summed E-state index contributed by atoms with van der Waals surface area (Å²) < 4.78 is 16.3. The van der Waals surface area contributed by atoms with E-state index in [-0.39, 0.29) is 38.1 Å². The van der Waals surface area contributed by atoms with Gasteiger partial charge in [0.25, 0.3) is 11.7 Å². The molecule has 1 aliphatic rings. The number of hydrogen-bond donors (Lipinski definition) is 1. The van der Waals surface area contributed by atoms with E-state index in [1.165, 1.54) is 32.3 Å². The molecule has 3 aromatic carbocycles. The first kappa shape index (κ1) is 28.3. The predicted molar refractivity (Wildman–Crippen MR) is 152 cm³/mol. The number of ether oxygens (including phenoxy) is 3. The molecular weight excluding hydrogens is 541 g/mol. The second-order valence-electron chi connectivity index (χ2n) is 9.99. The lowest BCUT2D eigenvalue weighted by molar-refractivity contribution is -0.132. The quantitative estimate of drug-likeness (QED) is 0.196. The van der Waals surface area contributed by atoms with Gasteiger partial charge >= 0.3 is 0 Å². The minimum absolute atomic E-state index is 0.00916. The van der Waals surface area contributed by atoms with E-state index >= 15 is 0 Å². The van der Waals surface area contributed by atoms with Crippen molar-refractivity contribution < 1.29 is 28.9 Å². The molecule has 9 heteroatoms. The van der Waals surface area contributed by atoms with Crippen LogP contribution in [0.3, 0.4) is 0 Å². The Balaban J connectivity index is 2.02. The molecule has 1 N–H and O–H groups in total. The minimum Gasteiger partial charge on any atom is -0.507 e. The van der Waals surface area contributed by atoms with E-state index in [0.29, 0.717) is 17.0 Å². The SMILES string of the molecule is COc1ccccc1C1/C(=C(\O)c2cc(Cl)c(OC)c(Cl)c2OC)C(=O)C(=O)N1c1ccc(C(C)(C)C)cc1. The number of Topliss-reactive ketones (excluding diaryl/α,β-unsaturated/α-hetero) is 1. The fourth-order valence-corrected chi connectivity index (χ4v) is 5.39. The normalized spacial score (nSPS) is 16.9. The van der Waals surface area contributed by atoms with E-state index in [0.717, 1.165) is 5.56 Å². The highest BCUT2D eigenvalue weighted by Crippen LogP contribution is 2.49. The van der Waals surface area contributed by atoms with Crippen molar-refractivity contribution in [2.24, 2.45) is 0 Å². The van der Waals surface area contributed by atoms with Crippen LogP contribution in [0.15, 0.2) is 60.2 Å². The largest absolute Gasteiger partial charge is 0.507 e. The Morgan fingerprint density at radius 3 is 2.08 bits per heavy atom. The molecule has 1 unspecified atom stereocenters. The summed E-state index contributed by atoms with van der Waals surface area (Å²) in [5, 5.41) is 11.7. The molecule has 4 rings (SSSR count). The summed E-state index contributed by atoms with van der Waals surface area (Å²) in [5.74, 6) is -1.57. The molecule has 0 aromatic heterocycles. The van der Waals surface area contributed by atoms with Gasteiger partial charge in [-0.2, -0.15) is 0 Å². The molecule has 0 radical (unpaired) electrons. The van der Waals surface area contributed by atoms with Gasteiger partial charge in [0, 0.05) is 11.3 Å². The summed E-state index contributed by atoms with van der Waals surface area (Å²) in [6.45, 7) is 6.25. The van der Waals surface area contributed by atoms with Crippen LogP contribution in [0, 0.1) is 0 Å². The van der Waals surface area contributed by atoms with Crippen molar-refractivity contribution in [3.8, 4) is 17.2 Å². The van der Waals surface area contributed by atoms with Crippen LogP contribution < -0.4 is 19.1 Å². The third kappa shape index (κ3) is 4.92. The number of ketones is 1. The lowest BCUT2D eigenvalue weighted by atomic mass is 9.87. The zero-order chi connectivity index (χ0) is 28.6. The lowest BCUT2D eigenvalue weighted by Crippen LogP contribution is -2.29. The van der Waals surface area contributed by atoms with Crippen molar-refractivity contribution >= 4 is 46.3 Å². The zero-order valence-corrected chi connectivity index (χ0v) is 24.0. The third-order valence-corrected chi connectivity index (χ3v) is 7.31. The maximum absolute atomic E-state index is 13.6. The molecule has 1 amide bonds. The van der Waals surface area contributed by atoms with Crippen molar-refractivity contribution in [3.63, 3.8) is 0 Å². The molecular formula is C30H29Cl2NO6. The van der Waals surface area contributed by atoms with Gasteiger partial charge in [-0.1, -0.05) is 74.3 Å². The Morgan fingerprint density at radius 1 is 0.897 bits per heavy atom. The van der Waals surface area contributed by atoms with Gasteiger partial charge in [-0.05, 0) is 35.2 Å². The molecule has 39 heavy (non-hydrogen) atoms. The van der Waals surface area contributed by atoms with Gasteiger partial charge in [0.2, 0.25) is 0 Å². The second kappa shape index (κ2) is 10.8. The third-order valence-electron chi connectivity index (χ3n) is 6.68. The van der Waals surface area contributed by atoms with Crippen LogP contribution in [0.1, 0.15) is 43.5 Å².